The van der Waals surface area contributed by atoms with Gasteiger partial charge in [-0.05, 0) is 53.0 Å². The van der Waals surface area contributed by atoms with Crippen LogP contribution >= 0.6 is 0 Å². The molecular formula is C13H27NO3S. The molecule has 0 aromatic carbocycles. The molecule has 0 spiro atoms. The Morgan fingerprint density at radius 1 is 1.33 bits per heavy atom. The van der Waals surface area contributed by atoms with Crippen LogP contribution in [0, 0.1) is 0 Å². The maximum atomic E-state index is 12.1. The quantitative estimate of drug-likeness (QED) is 0.798. The summed E-state index contributed by atoms with van der Waals surface area (Å²) in [5.41, 5.74) is 0. The van der Waals surface area contributed by atoms with Crippen molar-refractivity contribution in [3.05, 3.63) is 0 Å². The highest BCUT2D eigenvalue weighted by molar-refractivity contribution is 7.92. The van der Waals surface area contributed by atoms with Gasteiger partial charge in [0.25, 0.3) is 0 Å². The van der Waals surface area contributed by atoms with E-state index in [-0.39, 0.29) is 12.4 Å². The molecule has 0 bridgehead atoms. The van der Waals surface area contributed by atoms with Gasteiger partial charge in [0.05, 0.1) is 10.5 Å². The van der Waals surface area contributed by atoms with Crippen molar-refractivity contribution in [2.45, 2.75) is 57.2 Å². The first-order valence-corrected chi connectivity index (χ1v) is 8.50. The minimum absolute atomic E-state index is 0.227. The second-order valence-electron chi connectivity index (χ2n) is 6.13. The van der Waals surface area contributed by atoms with Gasteiger partial charge in [0, 0.05) is 19.2 Å². The van der Waals surface area contributed by atoms with Gasteiger partial charge in [-0.2, -0.15) is 0 Å². The van der Waals surface area contributed by atoms with Crippen molar-refractivity contribution in [2.75, 3.05) is 25.4 Å². The molecule has 1 fully saturated rings. The lowest BCUT2D eigenvalue weighted by atomic mass is 10.1. The van der Waals surface area contributed by atoms with Crippen LogP contribution in [0.2, 0.25) is 0 Å². The second kappa shape index (κ2) is 6.35. The van der Waals surface area contributed by atoms with E-state index >= 15 is 0 Å². The number of sulfone groups is 1. The standard InChI is InChI=1S/C13H27NO3S/c1-13(2,3)18(16,17)11-9-14-8-4-6-12(14)7-5-10-15/h12,15H,4-11H2,1-3H3. The fourth-order valence-corrected chi connectivity index (χ4v) is 3.47. The lowest BCUT2D eigenvalue weighted by molar-refractivity contribution is 0.224. The maximum absolute atomic E-state index is 12.1. The van der Waals surface area contributed by atoms with Gasteiger partial charge in [-0.3, -0.25) is 4.90 Å². The monoisotopic (exact) mass is 277 g/mol. The highest BCUT2D eigenvalue weighted by Crippen LogP contribution is 2.22. The number of hydrogen-bond donors (Lipinski definition) is 1. The van der Waals surface area contributed by atoms with Crippen LogP contribution < -0.4 is 0 Å². The molecule has 4 nitrogen and oxygen atoms in total. The van der Waals surface area contributed by atoms with Crippen molar-refractivity contribution in [1.29, 1.82) is 0 Å². The summed E-state index contributed by atoms with van der Waals surface area (Å²) in [6, 6.07) is 0.465. The van der Waals surface area contributed by atoms with Crippen molar-refractivity contribution >= 4 is 9.84 Å². The Balaban J connectivity index is 2.48. The molecule has 108 valence electrons. The number of hydrogen-bond acceptors (Lipinski definition) is 4. The summed E-state index contributed by atoms with van der Waals surface area (Å²) in [4.78, 5) is 2.28. The normalized spacial score (nSPS) is 22.6. The van der Waals surface area contributed by atoms with Crippen molar-refractivity contribution in [3.8, 4) is 0 Å². The first-order chi connectivity index (χ1) is 8.28. The third-order valence-electron chi connectivity index (χ3n) is 3.77. The molecule has 1 aliphatic rings. The van der Waals surface area contributed by atoms with Crippen molar-refractivity contribution in [1.82, 2.24) is 4.90 Å². The van der Waals surface area contributed by atoms with Crippen molar-refractivity contribution in [2.24, 2.45) is 0 Å². The molecule has 5 heteroatoms. The Morgan fingerprint density at radius 2 is 2.00 bits per heavy atom. The van der Waals surface area contributed by atoms with Gasteiger partial charge < -0.3 is 5.11 Å². The van der Waals surface area contributed by atoms with Crippen LogP contribution in [0.1, 0.15) is 46.5 Å². The van der Waals surface area contributed by atoms with Gasteiger partial charge in [-0.1, -0.05) is 0 Å². The smallest absolute Gasteiger partial charge is 0.156 e. The Bertz CT molecular complexity index is 346. The minimum atomic E-state index is -3.02. The van der Waals surface area contributed by atoms with Crippen LogP contribution in [-0.2, 0) is 9.84 Å². The van der Waals surface area contributed by atoms with E-state index in [2.05, 4.69) is 4.90 Å². The van der Waals surface area contributed by atoms with E-state index in [0.717, 1.165) is 32.2 Å². The third kappa shape index (κ3) is 4.21. The Labute approximate surface area is 111 Å². The number of aliphatic hydroxyl groups is 1. The van der Waals surface area contributed by atoms with Gasteiger partial charge in [-0.25, -0.2) is 8.42 Å². The molecular weight excluding hydrogens is 250 g/mol. The molecule has 1 atom stereocenters. The summed E-state index contributed by atoms with van der Waals surface area (Å²) < 4.78 is 23.5. The van der Waals surface area contributed by atoms with Gasteiger partial charge in [0.1, 0.15) is 0 Å². The molecule has 1 heterocycles. The second-order valence-corrected chi connectivity index (χ2v) is 8.99. The van der Waals surface area contributed by atoms with Crippen molar-refractivity contribution < 1.29 is 13.5 Å². The zero-order chi connectivity index (χ0) is 13.8. The Hall–Kier alpha value is -0.130. The molecule has 1 unspecified atom stereocenters. The average molecular weight is 277 g/mol. The predicted molar refractivity (Wildman–Crippen MR) is 74.5 cm³/mol. The molecule has 0 aromatic rings. The Morgan fingerprint density at radius 3 is 2.56 bits per heavy atom. The lowest BCUT2D eigenvalue weighted by Gasteiger charge is -2.26. The molecule has 0 amide bonds. The summed E-state index contributed by atoms with van der Waals surface area (Å²) in [7, 11) is -3.02. The molecule has 1 rings (SSSR count). The summed E-state index contributed by atoms with van der Waals surface area (Å²) >= 11 is 0. The van der Waals surface area contributed by atoms with E-state index in [9.17, 15) is 8.42 Å². The molecule has 0 saturated carbocycles. The predicted octanol–water partition coefficient (Wildman–Crippen LogP) is 1.44. The van der Waals surface area contributed by atoms with Gasteiger partial charge >= 0.3 is 0 Å². The fraction of sp³-hybridized carbons (Fsp3) is 1.00. The third-order valence-corrected chi connectivity index (χ3v) is 6.36. The summed E-state index contributed by atoms with van der Waals surface area (Å²) in [6.45, 7) is 7.14. The first-order valence-electron chi connectivity index (χ1n) is 6.85. The zero-order valence-electron chi connectivity index (χ0n) is 11.9. The largest absolute Gasteiger partial charge is 0.396 e. The maximum Gasteiger partial charge on any atom is 0.156 e. The highest BCUT2D eigenvalue weighted by Gasteiger charge is 2.31. The van der Waals surface area contributed by atoms with E-state index in [0.29, 0.717) is 12.6 Å². The summed E-state index contributed by atoms with van der Waals surface area (Å²) in [5, 5.41) is 8.86. The van der Waals surface area contributed by atoms with Crippen LogP contribution in [0.5, 0.6) is 0 Å². The highest BCUT2D eigenvalue weighted by atomic mass is 32.2. The van der Waals surface area contributed by atoms with Crippen LogP contribution in [0.4, 0.5) is 0 Å². The fourth-order valence-electron chi connectivity index (χ4n) is 2.39. The van der Waals surface area contributed by atoms with Crippen molar-refractivity contribution in [3.63, 3.8) is 0 Å². The summed E-state index contributed by atoms with van der Waals surface area (Å²) in [6.07, 6.45) is 4.07. The van der Waals surface area contributed by atoms with E-state index in [1.165, 1.54) is 0 Å². The molecule has 1 N–H and O–H groups in total. The lowest BCUT2D eigenvalue weighted by Crippen LogP contribution is -2.38. The molecule has 1 aliphatic heterocycles. The molecule has 0 aliphatic carbocycles. The number of aliphatic hydroxyl groups excluding tert-OH is 1. The van der Waals surface area contributed by atoms with E-state index < -0.39 is 14.6 Å². The van der Waals surface area contributed by atoms with E-state index in [4.69, 9.17) is 5.11 Å². The van der Waals surface area contributed by atoms with Gasteiger partial charge in [-0.15, -0.1) is 0 Å². The Kier molecular flexibility index (Phi) is 5.62. The van der Waals surface area contributed by atoms with Crippen LogP contribution in [0.25, 0.3) is 0 Å². The van der Waals surface area contributed by atoms with Gasteiger partial charge in [0.15, 0.2) is 9.84 Å². The van der Waals surface area contributed by atoms with Crippen LogP contribution in [0.3, 0.4) is 0 Å². The van der Waals surface area contributed by atoms with Crippen LogP contribution in [0.15, 0.2) is 0 Å². The summed E-state index contributed by atoms with van der Waals surface area (Å²) in [5.74, 6) is 0.242. The minimum Gasteiger partial charge on any atom is -0.396 e. The molecule has 0 radical (unpaired) electrons. The molecule has 0 aromatic heterocycles. The molecule has 1 saturated heterocycles. The first kappa shape index (κ1) is 15.9. The SMILES string of the molecule is CC(C)(C)S(=O)(=O)CCN1CCCC1CCCO. The number of likely N-dealkylation sites (tertiary alicyclic amines) is 1. The number of rotatable bonds is 6. The topological polar surface area (TPSA) is 57.6 Å². The number of nitrogens with zero attached hydrogens (tertiary/aromatic N) is 1. The van der Waals surface area contributed by atoms with E-state index in [1.54, 1.807) is 20.8 Å². The molecule has 18 heavy (non-hydrogen) atoms. The van der Waals surface area contributed by atoms with Gasteiger partial charge in [0.2, 0.25) is 0 Å². The average Bonchev–Trinajstić information content (AvgIpc) is 2.69. The zero-order valence-corrected chi connectivity index (χ0v) is 12.7. The van der Waals surface area contributed by atoms with E-state index in [1.807, 2.05) is 0 Å². The van der Waals surface area contributed by atoms with Crippen LogP contribution in [-0.4, -0.2) is 54.7 Å².